The summed E-state index contributed by atoms with van der Waals surface area (Å²) in [6, 6.07) is 9.86. The molecule has 7 heteroatoms. The van der Waals surface area contributed by atoms with Crippen LogP contribution in [0.1, 0.15) is 37.9 Å². The molecule has 0 N–H and O–H groups in total. The molecule has 2 aliphatic heterocycles. The Bertz CT molecular complexity index is 1040. The van der Waals surface area contributed by atoms with Crippen LogP contribution in [0.2, 0.25) is 0 Å². The lowest BCUT2D eigenvalue weighted by Gasteiger charge is -2.33. The molecule has 30 heavy (non-hydrogen) atoms. The lowest BCUT2D eigenvalue weighted by molar-refractivity contribution is -0.122. The fraction of sp³-hybridized carbons (Fsp3) is 0.478. The lowest BCUT2D eigenvalue weighted by Crippen LogP contribution is -2.41. The summed E-state index contributed by atoms with van der Waals surface area (Å²) >= 11 is 0. The van der Waals surface area contributed by atoms with Crippen LogP contribution in [0.3, 0.4) is 0 Å². The van der Waals surface area contributed by atoms with Gasteiger partial charge in [-0.1, -0.05) is 24.6 Å². The Morgan fingerprint density at radius 3 is 2.63 bits per heavy atom. The molecule has 0 bridgehead atoms. The summed E-state index contributed by atoms with van der Waals surface area (Å²) in [5, 5.41) is 0. The van der Waals surface area contributed by atoms with E-state index in [0.717, 1.165) is 67.4 Å². The van der Waals surface area contributed by atoms with E-state index in [4.69, 9.17) is 4.98 Å². The van der Waals surface area contributed by atoms with Crippen molar-refractivity contribution in [1.82, 2.24) is 19.5 Å². The number of anilines is 2. The van der Waals surface area contributed by atoms with Gasteiger partial charge >= 0.3 is 0 Å². The van der Waals surface area contributed by atoms with Crippen LogP contribution in [0.25, 0.3) is 11.2 Å². The Kier molecular flexibility index (Phi) is 5.11. The first-order valence-corrected chi connectivity index (χ1v) is 11.0. The molecule has 0 saturated carbocycles. The number of piperidine rings is 1. The third-order valence-corrected chi connectivity index (χ3v) is 6.49. The maximum Gasteiger partial charge on any atom is 0.229 e. The molecule has 1 aromatic carbocycles. The number of amides is 1. The summed E-state index contributed by atoms with van der Waals surface area (Å²) in [6.07, 6.45) is 7.96. The molecule has 2 aliphatic rings. The molecular formula is C23H28N6O. The maximum atomic E-state index is 13.0. The first-order chi connectivity index (χ1) is 14.7. The van der Waals surface area contributed by atoms with Crippen molar-refractivity contribution in [3.05, 3.63) is 42.5 Å². The van der Waals surface area contributed by atoms with Crippen LogP contribution in [0, 0.1) is 5.92 Å². The Labute approximate surface area is 176 Å². The summed E-state index contributed by atoms with van der Waals surface area (Å²) in [7, 11) is 1.87. The molecule has 5 rings (SSSR count). The summed E-state index contributed by atoms with van der Waals surface area (Å²) in [5.41, 5.74) is 2.82. The summed E-state index contributed by atoms with van der Waals surface area (Å²) < 4.78 is 2.28. The first kappa shape index (κ1) is 19.0. The van der Waals surface area contributed by atoms with Crippen LogP contribution in [0.4, 0.5) is 11.5 Å². The number of benzene rings is 1. The minimum atomic E-state index is 0.0440. The van der Waals surface area contributed by atoms with Gasteiger partial charge in [0, 0.05) is 44.7 Å². The molecule has 1 saturated heterocycles. The molecule has 7 nitrogen and oxygen atoms in total. The van der Waals surface area contributed by atoms with E-state index in [-0.39, 0.29) is 11.8 Å². The van der Waals surface area contributed by atoms with Gasteiger partial charge in [0.15, 0.2) is 17.0 Å². The van der Waals surface area contributed by atoms with Gasteiger partial charge in [-0.05, 0) is 37.8 Å². The molecule has 0 aliphatic carbocycles. The van der Waals surface area contributed by atoms with Gasteiger partial charge < -0.3 is 14.4 Å². The van der Waals surface area contributed by atoms with Crippen molar-refractivity contribution in [2.45, 2.75) is 45.1 Å². The smallest absolute Gasteiger partial charge is 0.229 e. The second-order valence-electron chi connectivity index (χ2n) is 8.35. The maximum absolute atomic E-state index is 13.0. The highest BCUT2D eigenvalue weighted by Gasteiger charge is 2.30. The Balaban J connectivity index is 1.32. The third kappa shape index (κ3) is 3.42. The van der Waals surface area contributed by atoms with Crippen molar-refractivity contribution in [3.63, 3.8) is 0 Å². The van der Waals surface area contributed by atoms with E-state index in [2.05, 4.69) is 19.4 Å². The van der Waals surface area contributed by atoms with Crippen LogP contribution in [0.15, 0.2) is 36.7 Å². The molecule has 4 heterocycles. The van der Waals surface area contributed by atoms with E-state index in [1.165, 1.54) is 19.3 Å². The largest absolute Gasteiger partial charge is 0.355 e. The van der Waals surface area contributed by atoms with Gasteiger partial charge in [0.05, 0.1) is 0 Å². The molecule has 0 unspecified atom stereocenters. The highest BCUT2D eigenvalue weighted by atomic mass is 16.2. The molecule has 0 spiro atoms. The molecule has 0 atom stereocenters. The second kappa shape index (κ2) is 8.05. The number of rotatable bonds is 3. The van der Waals surface area contributed by atoms with Crippen molar-refractivity contribution in [2.24, 2.45) is 5.92 Å². The van der Waals surface area contributed by atoms with E-state index >= 15 is 0 Å². The standard InChI is InChI=1S/C23H28N6O/c1-27(18-8-4-2-5-9-18)23(30)17-11-14-28(15-12-17)21-20-22(25-16-24-21)29-13-7-3-6-10-19(29)26-20/h2,4-5,8-9,16-17H,3,6-7,10-15H2,1H3. The minimum Gasteiger partial charge on any atom is -0.355 e. The second-order valence-corrected chi connectivity index (χ2v) is 8.35. The number of imidazole rings is 1. The van der Waals surface area contributed by atoms with E-state index in [9.17, 15) is 4.79 Å². The van der Waals surface area contributed by atoms with E-state index in [1.54, 1.807) is 11.2 Å². The van der Waals surface area contributed by atoms with Gasteiger partial charge in [0.25, 0.3) is 0 Å². The van der Waals surface area contributed by atoms with Crippen molar-refractivity contribution >= 4 is 28.6 Å². The van der Waals surface area contributed by atoms with E-state index in [0.29, 0.717) is 0 Å². The van der Waals surface area contributed by atoms with Crippen LogP contribution < -0.4 is 9.80 Å². The molecule has 156 valence electrons. The number of aryl methyl sites for hydroxylation is 2. The number of para-hydroxylation sites is 1. The quantitative estimate of drug-likeness (QED) is 0.669. The molecule has 0 radical (unpaired) electrons. The van der Waals surface area contributed by atoms with E-state index in [1.807, 2.05) is 37.4 Å². The van der Waals surface area contributed by atoms with Gasteiger partial charge in [-0.3, -0.25) is 4.79 Å². The van der Waals surface area contributed by atoms with Crippen LogP contribution >= 0.6 is 0 Å². The van der Waals surface area contributed by atoms with Gasteiger partial charge in [0.2, 0.25) is 5.91 Å². The summed E-state index contributed by atoms with van der Waals surface area (Å²) in [4.78, 5) is 31.1. The normalized spacial score (nSPS) is 17.6. The van der Waals surface area contributed by atoms with Crippen molar-refractivity contribution in [1.29, 1.82) is 0 Å². The zero-order valence-electron chi connectivity index (χ0n) is 17.5. The number of carbonyl (C=O) groups excluding carboxylic acids is 1. The summed E-state index contributed by atoms with van der Waals surface area (Å²) in [5.74, 6) is 2.30. The van der Waals surface area contributed by atoms with Gasteiger partial charge in [-0.15, -0.1) is 0 Å². The predicted molar refractivity (Wildman–Crippen MR) is 118 cm³/mol. The summed E-state index contributed by atoms with van der Waals surface area (Å²) in [6.45, 7) is 2.62. The Hall–Kier alpha value is -2.96. The zero-order chi connectivity index (χ0) is 20.5. The zero-order valence-corrected chi connectivity index (χ0v) is 17.5. The highest BCUT2D eigenvalue weighted by Crippen LogP contribution is 2.30. The monoisotopic (exact) mass is 404 g/mol. The minimum absolute atomic E-state index is 0.0440. The average Bonchev–Trinajstić information content (AvgIpc) is 2.99. The number of fused-ring (bicyclic) bond motifs is 3. The number of hydrogen-bond acceptors (Lipinski definition) is 5. The topological polar surface area (TPSA) is 67.2 Å². The number of nitrogens with zero attached hydrogens (tertiary/aromatic N) is 6. The fourth-order valence-electron chi connectivity index (χ4n) is 4.75. The Morgan fingerprint density at radius 1 is 1.03 bits per heavy atom. The average molecular weight is 405 g/mol. The third-order valence-electron chi connectivity index (χ3n) is 6.49. The number of aromatic nitrogens is 4. The molecule has 2 aromatic heterocycles. The highest BCUT2D eigenvalue weighted by molar-refractivity contribution is 5.94. The van der Waals surface area contributed by atoms with Crippen LogP contribution in [-0.2, 0) is 17.8 Å². The van der Waals surface area contributed by atoms with Gasteiger partial charge in [-0.2, -0.15) is 0 Å². The SMILES string of the molecule is CN(C(=O)C1CCN(c2ncnc3c2nc2n3CCCCC2)CC1)c1ccccc1. The number of carbonyl (C=O) groups is 1. The lowest BCUT2D eigenvalue weighted by atomic mass is 9.95. The van der Waals surface area contributed by atoms with E-state index < -0.39 is 0 Å². The molecule has 1 fully saturated rings. The van der Waals surface area contributed by atoms with Crippen LogP contribution in [0.5, 0.6) is 0 Å². The first-order valence-electron chi connectivity index (χ1n) is 11.0. The van der Waals surface area contributed by atoms with Crippen molar-refractivity contribution < 1.29 is 4.79 Å². The number of hydrogen-bond donors (Lipinski definition) is 0. The molecule has 1 amide bonds. The Morgan fingerprint density at radius 2 is 1.83 bits per heavy atom. The van der Waals surface area contributed by atoms with Crippen molar-refractivity contribution in [2.75, 3.05) is 29.9 Å². The van der Waals surface area contributed by atoms with Crippen LogP contribution in [-0.4, -0.2) is 45.6 Å². The van der Waals surface area contributed by atoms with Gasteiger partial charge in [0.1, 0.15) is 12.2 Å². The van der Waals surface area contributed by atoms with Gasteiger partial charge in [-0.25, -0.2) is 15.0 Å². The molecule has 3 aromatic rings. The fourth-order valence-corrected chi connectivity index (χ4v) is 4.75. The molecular weight excluding hydrogens is 376 g/mol. The van der Waals surface area contributed by atoms with Crippen molar-refractivity contribution in [3.8, 4) is 0 Å². The predicted octanol–water partition coefficient (Wildman–Crippen LogP) is 3.43.